The Bertz CT molecular complexity index is 262. The molecule has 0 spiro atoms. The van der Waals surface area contributed by atoms with Crippen molar-refractivity contribution in [3.63, 3.8) is 0 Å². The fourth-order valence-corrected chi connectivity index (χ4v) is 0.917. The molecule has 13 heavy (non-hydrogen) atoms. The van der Waals surface area contributed by atoms with Crippen LogP contribution in [0.4, 0.5) is 0 Å². The minimum atomic E-state index is 0.392. The van der Waals surface area contributed by atoms with E-state index in [1.807, 2.05) is 30.3 Å². The molecule has 0 unspecified atom stereocenters. The Morgan fingerprint density at radius 1 is 1.31 bits per heavy atom. The van der Waals surface area contributed by atoms with Crippen molar-refractivity contribution in [1.82, 2.24) is 0 Å². The summed E-state index contributed by atoms with van der Waals surface area (Å²) in [6.07, 6.45) is 0. The van der Waals surface area contributed by atoms with Crippen LogP contribution >= 0.6 is 0 Å². The average molecular weight is 176 g/mol. The maximum atomic E-state index is 5.50. The molecule has 0 saturated heterocycles. The zero-order valence-corrected chi connectivity index (χ0v) is 8.29. The SMILES string of the molecule is C=C(OCc1ccccc1)C(C)C. The fourth-order valence-electron chi connectivity index (χ4n) is 0.917. The quantitative estimate of drug-likeness (QED) is 0.639. The number of allylic oxidation sites excluding steroid dienone is 1. The molecule has 0 aliphatic heterocycles. The standard InChI is InChI=1S/C12H16O/c1-10(2)11(3)13-9-12-7-5-4-6-8-12/h4-8,10H,3,9H2,1-2H3. The molecule has 0 aromatic heterocycles. The van der Waals surface area contributed by atoms with Gasteiger partial charge in [0.1, 0.15) is 6.61 Å². The van der Waals surface area contributed by atoms with Crippen LogP contribution in [0.5, 0.6) is 0 Å². The van der Waals surface area contributed by atoms with Gasteiger partial charge >= 0.3 is 0 Å². The van der Waals surface area contributed by atoms with Crippen LogP contribution in [-0.2, 0) is 11.3 Å². The van der Waals surface area contributed by atoms with Crippen LogP contribution < -0.4 is 0 Å². The molecule has 0 atom stereocenters. The van der Waals surface area contributed by atoms with Crippen molar-refractivity contribution in [2.75, 3.05) is 0 Å². The van der Waals surface area contributed by atoms with Crippen LogP contribution in [0, 0.1) is 5.92 Å². The molecule has 0 saturated carbocycles. The van der Waals surface area contributed by atoms with Crippen molar-refractivity contribution in [1.29, 1.82) is 0 Å². The normalized spacial score (nSPS) is 10.1. The Balaban J connectivity index is 2.40. The summed E-state index contributed by atoms with van der Waals surface area (Å²) in [5, 5.41) is 0. The molecule has 1 rings (SSSR count). The van der Waals surface area contributed by atoms with Gasteiger partial charge < -0.3 is 4.74 Å². The highest BCUT2D eigenvalue weighted by Gasteiger charge is 2.00. The lowest BCUT2D eigenvalue weighted by atomic mass is 10.2. The van der Waals surface area contributed by atoms with E-state index in [0.29, 0.717) is 12.5 Å². The molecule has 1 nitrogen and oxygen atoms in total. The summed E-state index contributed by atoms with van der Waals surface area (Å²) in [6, 6.07) is 10.1. The van der Waals surface area contributed by atoms with E-state index < -0.39 is 0 Å². The second kappa shape index (κ2) is 4.70. The summed E-state index contributed by atoms with van der Waals surface area (Å²) in [4.78, 5) is 0. The van der Waals surface area contributed by atoms with Gasteiger partial charge in [0.05, 0.1) is 5.76 Å². The van der Waals surface area contributed by atoms with Gasteiger partial charge in [0.25, 0.3) is 0 Å². The first kappa shape index (κ1) is 9.85. The van der Waals surface area contributed by atoms with Crippen molar-refractivity contribution in [3.8, 4) is 0 Å². The monoisotopic (exact) mass is 176 g/mol. The van der Waals surface area contributed by atoms with Crippen LogP contribution in [0.1, 0.15) is 19.4 Å². The Labute approximate surface area is 80.0 Å². The van der Waals surface area contributed by atoms with Crippen LogP contribution in [0.15, 0.2) is 42.7 Å². The molecule has 0 aliphatic carbocycles. The van der Waals surface area contributed by atoms with Gasteiger partial charge in [-0.15, -0.1) is 0 Å². The first-order chi connectivity index (χ1) is 6.20. The molecule has 0 N–H and O–H groups in total. The maximum Gasteiger partial charge on any atom is 0.113 e. The molecule has 0 radical (unpaired) electrons. The number of ether oxygens (including phenoxy) is 1. The van der Waals surface area contributed by atoms with E-state index in [2.05, 4.69) is 20.4 Å². The molecular weight excluding hydrogens is 160 g/mol. The van der Waals surface area contributed by atoms with E-state index in [4.69, 9.17) is 4.74 Å². The zero-order valence-electron chi connectivity index (χ0n) is 8.29. The van der Waals surface area contributed by atoms with Gasteiger partial charge in [-0.2, -0.15) is 0 Å². The third-order valence-electron chi connectivity index (χ3n) is 1.91. The first-order valence-electron chi connectivity index (χ1n) is 4.55. The molecule has 1 aromatic carbocycles. The Kier molecular flexibility index (Phi) is 3.56. The zero-order chi connectivity index (χ0) is 9.68. The number of hydrogen-bond acceptors (Lipinski definition) is 1. The number of rotatable bonds is 4. The summed E-state index contributed by atoms with van der Waals surface area (Å²) in [5.41, 5.74) is 1.18. The van der Waals surface area contributed by atoms with Gasteiger partial charge in [0.2, 0.25) is 0 Å². The molecule has 0 fully saturated rings. The van der Waals surface area contributed by atoms with Crippen molar-refractivity contribution in [3.05, 3.63) is 48.2 Å². The maximum absolute atomic E-state index is 5.50. The van der Waals surface area contributed by atoms with Crippen LogP contribution in [0.25, 0.3) is 0 Å². The lowest BCUT2D eigenvalue weighted by Gasteiger charge is -2.11. The lowest BCUT2D eigenvalue weighted by Crippen LogP contribution is -1.98. The minimum Gasteiger partial charge on any atom is -0.494 e. The molecular formula is C12H16O. The largest absolute Gasteiger partial charge is 0.494 e. The predicted octanol–water partition coefficient (Wildman–Crippen LogP) is 3.37. The third-order valence-corrected chi connectivity index (χ3v) is 1.91. The van der Waals surface area contributed by atoms with Crippen LogP contribution in [0.2, 0.25) is 0 Å². The molecule has 1 heteroatoms. The average Bonchev–Trinajstić information content (AvgIpc) is 2.15. The van der Waals surface area contributed by atoms with E-state index in [-0.39, 0.29) is 0 Å². The Morgan fingerprint density at radius 3 is 2.46 bits per heavy atom. The molecule has 0 bridgehead atoms. The highest BCUT2D eigenvalue weighted by Crippen LogP contribution is 2.11. The number of benzene rings is 1. The summed E-state index contributed by atoms with van der Waals surface area (Å²) >= 11 is 0. The topological polar surface area (TPSA) is 9.23 Å². The van der Waals surface area contributed by atoms with E-state index in [1.165, 1.54) is 5.56 Å². The summed E-state index contributed by atoms with van der Waals surface area (Å²) < 4.78 is 5.50. The minimum absolute atomic E-state index is 0.392. The Hall–Kier alpha value is -1.24. The van der Waals surface area contributed by atoms with Crippen LogP contribution in [0.3, 0.4) is 0 Å². The third kappa shape index (κ3) is 3.32. The molecule has 0 heterocycles. The first-order valence-corrected chi connectivity index (χ1v) is 4.55. The predicted molar refractivity (Wildman–Crippen MR) is 55.2 cm³/mol. The van der Waals surface area contributed by atoms with Crippen molar-refractivity contribution >= 4 is 0 Å². The van der Waals surface area contributed by atoms with Gasteiger partial charge in [-0.25, -0.2) is 0 Å². The van der Waals surface area contributed by atoms with Gasteiger partial charge in [-0.05, 0) is 5.56 Å². The second-order valence-corrected chi connectivity index (χ2v) is 3.40. The van der Waals surface area contributed by atoms with Gasteiger partial charge in [-0.1, -0.05) is 50.8 Å². The van der Waals surface area contributed by atoms with E-state index in [9.17, 15) is 0 Å². The van der Waals surface area contributed by atoms with Crippen molar-refractivity contribution < 1.29 is 4.74 Å². The molecule has 1 aromatic rings. The molecule has 0 amide bonds. The second-order valence-electron chi connectivity index (χ2n) is 3.40. The Morgan fingerprint density at radius 2 is 1.92 bits per heavy atom. The van der Waals surface area contributed by atoms with Crippen molar-refractivity contribution in [2.45, 2.75) is 20.5 Å². The number of hydrogen-bond donors (Lipinski definition) is 0. The van der Waals surface area contributed by atoms with Gasteiger partial charge in [-0.3, -0.25) is 0 Å². The summed E-state index contributed by atoms with van der Waals surface area (Å²) in [7, 11) is 0. The lowest BCUT2D eigenvalue weighted by molar-refractivity contribution is 0.174. The fraction of sp³-hybridized carbons (Fsp3) is 0.333. The van der Waals surface area contributed by atoms with Crippen LogP contribution in [-0.4, -0.2) is 0 Å². The summed E-state index contributed by atoms with van der Waals surface area (Å²) in [5.74, 6) is 1.24. The molecule has 0 aliphatic rings. The van der Waals surface area contributed by atoms with E-state index in [0.717, 1.165) is 5.76 Å². The van der Waals surface area contributed by atoms with Gasteiger partial charge in [0.15, 0.2) is 0 Å². The van der Waals surface area contributed by atoms with Crippen molar-refractivity contribution in [2.24, 2.45) is 5.92 Å². The van der Waals surface area contributed by atoms with Gasteiger partial charge in [0, 0.05) is 5.92 Å². The summed E-state index contributed by atoms with van der Waals surface area (Å²) in [6.45, 7) is 8.62. The van der Waals surface area contributed by atoms with E-state index in [1.54, 1.807) is 0 Å². The van der Waals surface area contributed by atoms with E-state index >= 15 is 0 Å². The molecule has 70 valence electrons. The smallest absolute Gasteiger partial charge is 0.113 e. The highest BCUT2D eigenvalue weighted by atomic mass is 16.5. The highest BCUT2D eigenvalue weighted by molar-refractivity contribution is 5.13.